The standard InChI is InChI=1S/C21H21N3O6S/c1-30-17-5-2-14(3-6-17)12-23(16-8-9-31(28,29)13-16)21(25)19-11-22-20-10-15(24(26)27)4-7-18(19)20/h2-7,10-11,16,22H,8-9,12-13H2,1H3/t16-/m0/s1. The van der Waals surface area contributed by atoms with Crippen molar-refractivity contribution in [3.05, 3.63) is 69.9 Å². The Morgan fingerprint density at radius 2 is 2.00 bits per heavy atom. The number of ether oxygens (including phenoxy) is 1. The first-order valence-corrected chi connectivity index (χ1v) is 11.5. The lowest BCUT2D eigenvalue weighted by Gasteiger charge is -2.28. The Morgan fingerprint density at radius 3 is 2.61 bits per heavy atom. The number of aromatic amines is 1. The van der Waals surface area contributed by atoms with Gasteiger partial charge in [-0.05, 0) is 30.2 Å². The number of fused-ring (bicyclic) bond motifs is 1. The van der Waals surface area contributed by atoms with Crippen molar-refractivity contribution in [2.75, 3.05) is 18.6 Å². The fraction of sp³-hybridized carbons (Fsp3) is 0.286. The Balaban J connectivity index is 1.69. The van der Waals surface area contributed by atoms with Gasteiger partial charge in [0.05, 0.1) is 34.6 Å². The van der Waals surface area contributed by atoms with Crippen molar-refractivity contribution in [1.29, 1.82) is 0 Å². The summed E-state index contributed by atoms with van der Waals surface area (Å²) in [6, 6.07) is 11.1. The summed E-state index contributed by atoms with van der Waals surface area (Å²) in [7, 11) is -1.64. The third-order valence-electron chi connectivity index (χ3n) is 5.53. The summed E-state index contributed by atoms with van der Waals surface area (Å²) in [5.74, 6) is 0.327. The van der Waals surface area contributed by atoms with Crippen LogP contribution in [0.1, 0.15) is 22.3 Å². The van der Waals surface area contributed by atoms with Gasteiger partial charge in [0.15, 0.2) is 9.84 Å². The molecule has 0 bridgehead atoms. The number of nitrogens with zero attached hydrogens (tertiary/aromatic N) is 2. The number of nitro groups is 1. The fourth-order valence-electron chi connectivity index (χ4n) is 3.87. The zero-order chi connectivity index (χ0) is 22.2. The minimum atomic E-state index is -3.20. The maximum atomic E-state index is 13.5. The Kier molecular flexibility index (Phi) is 5.40. The van der Waals surface area contributed by atoms with E-state index in [0.717, 1.165) is 5.56 Å². The predicted octanol–water partition coefficient (Wildman–Crippen LogP) is 2.91. The first-order valence-electron chi connectivity index (χ1n) is 9.67. The molecule has 4 rings (SSSR count). The molecule has 31 heavy (non-hydrogen) atoms. The molecule has 2 aromatic carbocycles. The average molecular weight is 443 g/mol. The van der Waals surface area contributed by atoms with Crippen LogP contribution in [-0.2, 0) is 16.4 Å². The summed E-state index contributed by atoms with van der Waals surface area (Å²) in [5.41, 5.74) is 1.59. The highest BCUT2D eigenvalue weighted by Crippen LogP contribution is 2.28. The van der Waals surface area contributed by atoms with Crippen LogP contribution in [0, 0.1) is 10.1 Å². The number of hydrogen-bond acceptors (Lipinski definition) is 6. The van der Waals surface area contributed by atoms with Gasteiger partial charge in [0.2, 0.25) is 0 Å². The van der Waals surface area contributed by atoms with E-state index in [2.05, 4.69) is 4.98 Å². The molecule has 1 amide bonds. The second-order valence-electron chi connectivity index (χ2n) is 7.53. The van der Waals surface area contributed by atoms with Crippen molar-refractivity contribution in [1.82, 2.24) is 9.88 Å². The maximum absolute atomic E-state index is 13.5. The van der Waals surface area contributed by atoms with Crippen molar-refractivity contribution < 1.29 is 22.9 Å². The first kappa shape index (κ1) is 20.9. The lowest BCUT2D eigenvalue weighted by molar-refractivity contribution is -0.384. The van der Waals surface area contributed by atoms with Crippen LogP contribution in [0.2, 0.25) is 0 Å². The summed E-state index contributed by atoms with van der Waals surface area (Å²) < 4.78 is 29.3. The molecule has 1 aromatic heterocycles. The van der Waals surface area contributed by atoms with Crippen LogP contribution in [0.3, 0.4) is 0 Å². The molecule has 0 radical (unpaired) electrons. The van der Waals surface area contributed by atoms with Crippen LogP contribution in [0.5, 0.6) is 5.75 Å². The molecule has 0 saturated carbocycles. The summed E-state index contributed by atoms with van der Waals surface area (Å²) in [4.78, 5) is 28.5. The van der Waals surface area contributed by atoms with E-state index < -0.39 is 20.8 Å². The van der Waals surface area contributed by atoms with E-state index in [4.69, 9.17) is 4.74 Å². The van der Waals surface area contributed by atoms with Gasteiger partial charge in [-0.3, -0.25) is 14.9 Å². The summed E-state index contributed by atoms with van der Waals surface area (Å²) in [6.45, 7) is 0.239. The Bertz CT molecular complexity index is 1250. The van der Waals surface area contributed by atoms with Gasteiger partial charge in [0, 0.05) is 36.3 Å². The van der Waals surface area contributed by atoms with Gasteiger partial charge in [0.25, 0.3) is 11.6 Å². The Morgan fingerprint density at radius 1 is 1.26 bits per heavy atom. The van der Waals surface area contributed by atoms with E-state index in [9.17, 15) is 23.3 Å². The van der Waals surface area contributed by atoms with Crippen LogP contribution in [0.15, 0.2) is 48.7 Å². The van der Waals surface area contributed by atoms with Crippen molar-refractivity contribution in [3.63, 3.8) is 0 Å². The van der Waals surface area contributed by atoms with E-state index in [1.807, 2.05) is 12.1 Å². The summed E-state index contributed by atoms with van der Waals surface area (Å²) >= 11 is 0. The van der Waals surface area contributed by atoms with Gasteiger partial charge in [0.1, 0.15) is 5.75 Å². The molecule has 1 saturated heterocycles. The highest BCUT2D eigenvalue weighted by molar-refractivity contribution is 7.91. The molecule has 9 nitrogen and oxygen atoms in total. The Hall–Kier alpha value is -3.40. The van der Waals surface area contributed by atoms with Crippen LogP contribution in [-0.4, -0.2) is 53.8 Å². The second-order valence-corrected chi connectivity index (χ2v) is 9.76. The molecule has 162 valence electrons. The second kappa shape index (κ2) is 8.03. The fourth-order valence-corrected chi connectivity index (χ4v) is 5.61. The number of aromatic nitrogens is 1. The number of nitro benzene ring substituents is 1. The van der Waals surface area contributed by atoms with Gasteiger partial charge in [-0.1, -0.05) is 12.1 Å². The molecule has 10 heteroatoms. The highest BCUT2D eigenvalue weighted by Gasteiger charge is 2.35. The number of carbonyl (C=O) groups is 1. The van der Waals surface area contributed by atoms with Gasteiger partial charge in [-0.2, -0.15) is 0 Å². The predicted molar refractivity (Wildman–Crippen MR) is 115 cm³/mol. The molecule has 1 fully saturated rings. The van der Waals surface area contributed by atoms with Crippen molar-refractivity contribution in [3.8, 4) is 5.75 Å². The van der Waals surface area contributed by atoms with Crippen LogP contribution >= 0.6 is 0 Å². The number of sulfone groups is 1. The number of non-ortho nitro benzene ring substituents is 1. The minimum Gasteiger partial charge on any atom is -0.497 e. The van der Waals surface area contributed by atoms with E-state index in [1.165, 1.54) is 24.4 Å². The van der Waals surface area contributed by atoms with Crippen molar-refractivity contribution in [2.45, 2.75) is 19.0 Å². The highest BCUT2D eigenvalue weighted by atomic mass is 32.2. The molecule has 1 N–H and O–H groups in total. The van der Waals surface area contributed by atoms with E-state index in [0.29, 0.717) is 28.6 Å². The van der Waals surface area contributed by atoms with E-state index >= 15 is 0 Å². The number of hydrogen-bond donors (Lipinski definition) is 1. The molecule has 0 spiro atoms. The minimum absolute atomic E-state index is 0.0458. The van der Waals surface area contributed by atoms with Gasteiger partial charge in [-0.15, -0.1) is 0 Å². The number of rotatable bonds is 6. The third kappa shape index (κ3) is 4.24. The smallest absolute Gasteiger partial charge is 0.271 e. The molecule has 1 aliphatic heterocycles. The lowest BCUT2D eigenvalue weighted by atomic mass is 10.1. The number of benzene rings is 2. The zero-order valence-electron chi connectivity index (χ0n) is 16.8. The topological polar surface area (TPSA) is 123 Å². The third-order valence-corrected chi connectivity index (χ3v) is 7.28. The molecule has 1 aliphatic rings. The van der Waals surface area contributed by atoms with E-state index in [-0.39, 0.29) is 29.6 Å². The van der Waals surface area contributed by atoms with Gasteiger partial charge >= 0.3 is 0 Å². The van der Waals surface area contributed by atoms with Crippen LogP contribution < -0.4 is 4.74 Å². The molecular formula is C21H21N3O6S. The molecule has 0 unspecified atom stereocenters. The number of methoxy groups -OCH3 is 1. The van der Waals surface area contributed by atoms with Crippen LogP contribution in [0.4, 0.5) is 5.69 Å². The monoisotopic (exact) mass is 443 g/mol. The number of H-pyrrole nitrogens is 1. The molecule has 0 aliphatic carbocycles. The van der Waals surface area contributed by atoms with E-state index in [1.54, 1.807) is 24.1 Å². The molecule has 2 heterocycles. The quantitative estimate of drug-likeness (QED) is 0.462. The van der Waals surface area contributed by atoms with Gasteiger partial charge in [-0.25, -0.2) is 8.42 Å². The number of nitrogens with one attached hydrogen (secondary N) is 1. The van der Waals surface area contributed by atoms with Crippen LogP contribution in [0.25, 0.3) is 10.9 Å². The van der Waals surface area contributed by atoms with Crippen molar-refractivity contribution >= 4 is 32.3 Å². The Labute approximate surface area is 178 Å². The lowest BCUT2D eigenvalue weighted by Crippen LogP contribution is -2.40. The first-order chi connectivity index (χ1) is 14.8. The summed E-state index contributed by atoms with van der Waals surface area (Å²) in [5, 5.41) is 11.6. The molecule has 3 aromatic rings. The van der Waals surface area contributed by atoms with Crippen molar-refractivity contribution in [2.24, 2.45) is 0 Å². The normalized spacial score (nSPS) is 17.5. The maximum Gasteiger partial charge on any atom is 0.271 e. The SMILES string of the molecule is COc1ccc(CN(C(=O)c2c[nH]c3cc([N+](=O)[O-])ccc23)[C@H]2CCS(=O)(=O)C2)cc1. The number of carbonyl (C=O) groups excluding carboxylic acids is 1. The average Bonchev–Trinajstić information content (AvgIpc) is 3.34. The molecular weight excluding hydrogens is 422 g/mol. The van der Waals surface area contributed by atoms with Gasteiger partial charge < -0.3 is 14.6 Å². The largest absolute Gasteiger partial charge is 0.497 e. The zero-order valence-corrected chi connectivity index (χ0v) is 17.6. The summed E-state index contributed by atoms with van der Waals surface area (Å²) in [6.07, 6.45) is 1.89. The molecule has 1 atom stereocenters. The number of amides is 1.